The maximum atomic E-state index is 6.14. The van der Waals surface area contributed by atoms with Gasteiger partial charge in [0.2, 0.25) is 0 Å². The predicted octanol–water partition coefficient (Wildman–Crippen LogP) is 2.64. The summed E-state index contributed by atoms with van der Waals surface area (Å²) in [6.07, 6.45) is 7.77. The first-order chi connectivity index (χ1) is 9.01. The lowest BCUT2D eigenvalue weighted by Gasteiger charge is -2.46. The number of hydrogen-bond acceptors (Lipinski definition) is 3. The van der Waals surface area contributed by atoms with Gasteiger partial charge in [0.15, 0.2) is 0 Å². The first-order valence-corrected chi connectivity index (χ1v) is 7.98. The van der Waals surface area contributed by atoms with Gasteiger partial charge in [-0.3, -0.25) is 4.90 Å². The minimum Gasteiger partial charge on any atom is -0.377 e. The summed E-state index contributed by atoms with van der Waals surface area (Å²) in [7, 11) is 1.85. The van der Waals surface area contributed by atoms with Crippen LogP contribution in [-0.4, -0.2) is 43.8 Å². The van der Waals surface area contributed by atoms with E-state index in [0.717, 1.165) is 19.0 Å². The summed E-state index contributed by atoms with van der Waals surface area (Å²) in [5, 5.41) is 0. The molecule has 2 rings (SSSR count). The van der Waals surface area contributed by atoms with Crippen molar-refractivity contribution in [3.05, 3.63) is 0 Å². The highest BCUT2D eigenvalue weighted by molar-refractivity contribution is 4.92. The molecule has 2 N–H and O–H groups in total. The highest BCUT2D eigenvalue weighted by Crippen LogP contribution is 2.39. The van der Waals surface area contributed by atoms with Crippen LogP contribution in [-0.2, 0) is 4.74 Å². The standard InChI is InChI=1S/C16H32N2O/c1-14-5-8-16(11-17,9-6-14)13-18-10-4-7-15(2,12-18)19-3/h14H,4-13,17H2,1-3H3. The lowest BCUT2D eigenvalue weighted by Crippen LogP contribution is -2.52. The van der Waals surface area contributed by atoms with Crippen LogP contribution in [0.2, 0.25) is 0 Å². The van der Waals surface area contributed by atoms with Crippen LogP contribution in [0.25, 0.3) is 0 Å². The Hall–Kier alpha value is -0.120. The molecule has 2 fully saturated rings. The predicted molar refractivity (Wildman–Crippen MR) is 80.2 cm³/mol. The van der Waals surface area contributed by atoms with Crippen LogP contribution in [0, 0.1) is 11.3 Å². The first kappa shape index (κ1) is 15.3. The average molecular weight is 268 g/mol. The average Bonchev–Trinajstić information content (AvgIpc) is 2.42. The fourth-order valence-electron chi connectivity index (χ4n) is 3.88. The number of methoxy groups -OCH3 is 1. The monoisotopic (exact) mass is 268 g/mol. The van der Waals surface area contributed by atoms with Gasteiger partial charge in [-0.15, -0.1) is 0 Å². The Morgan fingerprint density at radius 3 is 2.53 bits per heavy atom. The Morgan fingerprint density at radius 2 is 1.95 bits per heavy atom. The molecule has 0 aromatic carbocycles. The van der Waals surface area contributed by atoms with E-state index in [2.05, 4.69) is 18.7 Å². The van der Waals surface area contributed by atoms with Gasteiger partial charge in [-0.2, -0.15) is 0 Å². The Labute approximate surface area is 118 Å². The summed E-state index contributed by atoms with van der Waals surface area (Å²) in [5.74, 6) is 0.894. The Balaban J connectivity index is 1.94. The van der Waals surface area contributed by atoms with E-state index in [0.29, 0.717) is 5.41 Å². The molecule has 1 aliphatic heterocycles. The van der Waals surface area contributed by atoms with Crippen molar-refractivity contribution in [3.63, 3.8) is 0 Å². The molecule has 3 nitrogen and oxygen atoms in total. The van der Waals surface area contributed by atoms with E-state index >= 15 is 0 Å². The van der Waals surface area contributed by atoms with Crippen LogP contribution in [0.1, 0.15) is 52.4 Å². The Kier molecular flexibility index (Phi) is 4.91. The van der Waals surface area contributed by atoms with Gasteiger partial charge < -0.3 is 10.5 Å². The van der Waals surface area contributed by atoms with Gasteiger partial charge in [-0.1, -0.05) is 19.8 Å². The van der Waals surface area contributed by atoms with Crippen molar-refractivity contribution in [1.29, 1.82) is 0 Å². The van der Waals surface area contributed by atoms with E-state index in [1.165, 1.54) is 51.6 Å². The van der Waals surface area contributed by atoms with Gasteiger partial charge in [0.25, 0.3) is 0 Å². The first-order valence-electron chi connectivity index (χ1n) is 7.98. The van der Waals surface area contributed by atoms with Crippen molar-refractivity contribution in [2.24, 2.45) is 17.1 Å². The zero-order valence-corrected chi connectivity index (χ0v) is 13.1. The molecule has 0 radical (unpaired) electrons. The zero-order chi connectivity index (χ0) is 13.9. The van der Waals surface area contributed by atoms with Crippen LogP contribution >= 0.6 is 0 Å². The molecule has 2 aliphatic rings. The smallest absolute Gasteiger partial charge is 0.0777 e. The van der Waals surface area contributed by atoms with Gasteiger partial charge in [-0.25, -0.2) is 0 Å². The number of rotatable bonds is 4. The second-order valence-corrected chi connectivity index (χ2v) is 7.35. The molecule has 1 saturated heterocycles. The maximum Gasteiger partial charge on any atom is 0.0777 e. The molecule has 112 valence electrons. The molecule has 0 spiro atoms. The second kappa shape index (κ2) is 6.11. The molecule has 0 amide bonds. The van der Waals surface area contributed by atoms with E-state index < -0.39 is 0 Å². The molecule has 0 aromatic heterocycles. The van der Waals surface area contributed by atoms with Crippen LogP contribution < -0.4 is 5.73 Å². The van der Waals surface area contributed by atoms with Crippen LogP contribution in [0.5, 0.6) is 0 Å². The number of hydrogen-bond donors (Lipinski definition) is 1. The van der Waals surface area contributed by atoms with Gasteiger partial charge >= 0.3 is 0 Å². The lowest BCUT2D eigenvalue weighted by atomic mass is 9.70. The molecule has 1 atom stereocenters. The lowest BCUT2D eigenvalue weighted by molar-refractivity contribution is -0.0622. The molecule has 0 aromatic rings. The van der Waals surface area contributed by atoms with Gasteiger partial charge in [-0.05, 0) is 57.0 Å². The van der Waals surface area contributed by atoms with Crippen molar-refractivity contribution in [2.75, 3.05) is 33.3 Å². The highest BCUT2D eigenvalue weighted by atomic mass is 16.5. The highest BCUT2D eigenvalue weighted by Gasteiger charge is 2.38. The second-order valence-electron chi connectivity index (χ2n) is 7.35. The Bertz CT molecular complexity index is 286. The van der Waals surface area contributed by atoms with Gasteiger partial charge in [0, 0.05) is 20.2 Å². The Morgan fingerprint density at radius 1 is 1.26 bits per heavy atom. The molecule has 1 unspecified atom stereocenters. The number of ether oxygens (including phenoxy) is 1. The molecule has 3 heteroatoms. The van der Waals surface area contributed by atoms with E-state index in [-0.39, 0.29) is 5.60 Å². The third-order valence-electron chi connectivity index (χ3n) is 5.56. The molecule has 1 aliphatic carbocycles. The number of likely N-dealkylation sites (tertiary alicyclic amines) is 1. The molecule has 19 heavy (non-hydrogen) atoms. The van der Waals surface area contributed by atoms with E-state index in [4.69, 9.17) is 10.5 Å². The topological polar surface area (TPSA) is 38.5 Å². The zero-order valence-electron chi connectivity index (χ0n) is 13.1. The molecular formula is C16H32N2O. The van der Waals surface area contributed by atoms with Crippen molar-refractivity contribution in [2.45, 2.75) is 58.0 Å². The summed E-state index contributed by atoms with van der Waals surface area (Å²) >= 11 is 0. The molecule has 0 bridgehead atoms. The number of piperidine rings is 1. The largest absolute Gasteiger partial charge is 0.377 e. The van der Waals surface area contributed by atoms with Gasteiger partial charge in [0.05, 0.1) is 5.60 Å². The van der Waals surface area contributed by atoms with Crippen molar-refractivity contribution >= 4 is 0 Å². The number of nitrogens with zero attached hydrogens (tertiary/aromatic N) is 1. The SMILES string of the molecule is COC1(C)CCCN(CC2(CN)CCC(C)CC2)C1. The molecular weight excluding hydrogens is 236 g/mol. The van der Waals surface area contributed by atoms with Crippen LogP contribution in [0.15, 0.2) is 0 Å². The minimum absolute atomic E-state index is 0.0516. The number of nitrogens with two attached hydrogens (primary N) is 1. The fourth-order valence-corrected chi connectivity index (χ4v) is 3.88. The fraction of sp³-hybridized carbons (Fsp3) is 1.00. The van der Waals surface area contributed by atoms with Crippen LogP contribution in [0.4, 0.5) is 0 Å². The van der Waals surface area contributed by atoms with Crippen LogP contribution in [0.3, 0.4) is 0 Å². The van der Waals surface area contributed by atoms with Crippen molar-refractivity contribution in [1.82, 2.24) is 4.90 Å². The van der Waals surface area contributed by atoms with E-state index in [1.807, 2.05) is 7.11 Å². The maximum absolute atomic E-state index is 6.14. The molecule has 1 heterocycles. The normalized spacial score (nSPS) is 41.4. The summed E-state index contributed by atoms with van der Waals surface area (Å²) in [6.45, 7) is 8.94. The summed E-state index contributed by atoms with van der Waals surface area (Å²) in [4.78, 5) is 2.61. The van der Waals surface area contributed by atoms with Crippen molar-refractivity contribution in [3.8, 4) is 0 Å². The van der Waals surface area contributed by atoms with Crippen molar-refractivity contribution < 1.29 is 4.74 Å². The summed E-state index contributed by atoms with van der Waals surface area (Å²) < 4.78 is 5.71. The summed E-state index contributed by atoms with van der Waals surface area (Å²) in [5.41, 5.74) is 6.57. The quantitative estimate of drug-likeness (QED) is 0.852. The van der Waals surface area contributed by atoms with E-state index in [1.54, 1.807) is 0 Å². The third-order valence-corrected chi connectivity index (χ3v) is 5.56. The summed E-state index contributed by atoms with van der Waals surface area (Å²) in [6, 6.07) is 0. The third kappa shape index (κ3) is 3.71. The minimum atomic E-state index is 0.0516. The van der Waals surface area contributed by atoms with Gasteiger partial charge in [0.1, 0.15) is 0 Å². The van der Waals surface area contributed by atoms with E-state index in [9.17, 15) is 0 Å². The molecule has 1 saturated carbocycles.